The summed E-state index contributed by atoms with van der Waals surface area (Å²) in [6.45, 7) is 0.172. The fourth-order valence-electron chi connectivity index (χ4n) is 2.19. The Kier molecular flexibility index (Phi) is 4.34. The van der Waals surface area contributed by atoms with Crippen molar-refractivity contribution in [3.05, 3.63) is 53.6 Å². The lowest BCUT2D eigenvalue weighted by Gasteiger charge is -2.06. The second-order valence-corrected chi connectivity index (χ2v) is 4.97. The second kappa shape index (κ2) is 6.75. The molecule has 0 fully saturated rings. The van der Waals surface area contributed by atoms with E-state index in [9.17, 15) is 10.1 Å². The monoisotopic (exact) mass is 322 g/mol. The van der Waals surface area contributed by atoms with E-state index in [1.54, 1.807) is 49.6 Å². The van der Waals surface area contributed by atoms with Crippen LogP contribution in [-0.2, 0) is 4.79 Å². The van der Waals surface area contributed by atoms with Crippen LogP contribution in [0.3, 0.4) is 0 Å². The van der Waals surface area contributed by atoms with E-state index in [2.05, 4.69) is 5.32 Å². The van der Waals surface area contributed by atoms with Gasteiger partial charge in [-0.3, -0.25) is 4.79 Å². The maximum Gasteiger partial charge on any atom is 0.266 e. The van der Waals surface area contributed by atoms with Gasteiger partial charge in [0.25, 0.3) is 5.91 Å². The molecule has 1 N–H and O–H groups in total. The van der Waals surface area contributed by atoms with E-state index in [1.165, 1.54) is 6.08 Å². The molecule has 0 saturated carbocycles. The third-order valence-electron chi connectivity index (χ3n) is 3.42. The Hall–Kier alpha value is -3.46. The molecule has 2 aromatic carbocycles. The van der Waals surface area contributed by atoms with Crippen LogP contribution >= 0.6 is 0 Å². The van der Waals surface area contributed by atoms with E-state index in [-0.39, 0.29) is 12.4 Å². The van der Waals surface area contributed by atoms with E-state index in [1.807, 2.05) is 6.07 Å². The number of hydrogen-bond donors (Lipinski definition) is 1. The number of carbonyl (C=O) groups is 1. The largest absolute Gasteiger partial charge is 0.497 e. The van der Waals surface area contributed by atoms with Gasteiger partial charge in [0.2, 0.25) is 6.79 Å². The van der Waals surface area contributed by atoms with Gasteiger partial charge in [0.15, 0.2) is 11.5 Å². The van der Waals surface area contributed by atoms with Crippen molar-refractivity contribution in [2.24, 2.45) is 0 Å². The minimum atomic E-state index is -0.486. The number of hydrogen-bond acceptors (Lipinski definition) is 5. The topological polar surface area (TPSA) is 80.6 Å². The Balaban J connectivity index is 1.77. The minimum Gasteiger partial charge on any atom is -0.497 e. The third-order valence-corrected chi connectivity index (χ3v) is 3.42. The molecule has 0 bridgehead atoms. The van der Waals surface area contributed by atoms with Crippen LogP contribution in [0, 0.1) is 11.3 Å². The van der Waals surface area contributed by atoms with Crippen LogP contribution in [-0.4, -0.2) is 19.8 Å². The van der Waals surface area contributed by atoms with Gasteiger partial charge in [-0.2, -0.15) is 5.26 Å². The van der Waals surface area contributed by atoms with Gasteiger partial charge in [0, 0.05) is 5.69 Å². The first-order valence-electron chi connectivity index (χ1n) is 7.16. The number of anilines is 1. The number of rotatable bonds is 4. The quantitative estimate of drug-likeness (QED) is 0.691. The number of nitrogens with one attached hydrogen (secondary N) is 1. The molecular formula is C18H14N2O4. The van der Waals surface area contributed by atoms with Gasteiger partial charge < -0.3 is 19.5 Å². The van der Waals surface area contributed by atoms with E-state index in [0.717, 1.165) is 0 Å². The van der Waals surface area contributed by atoms with Gasteiger partial charge in [0.1, 0.15) is 17.4 Å². The molecule has 0 saturated heterocycles. The van der Waals surface area contributed by atoms with Crippen molar-refractivity contribution < 1.29 is 19.0 Å². The van der Waals surface area contributed by atoms with Crippen LogP contribution in [0.25, 0.3) is 6.08 Å². The first-order valence-corrected chi connectivity index (χ1v) is 7.16. The molecule has 6 nitrogen and oxygen atoms in total. The van der Waals surface area contributed by atoms with Crippen molar-refractivity contribution >= 4 is 17.7 Å². The van der Waals surface area contributed by atoms with Crippen molar-refractivity contribution in [1.82, 2.24) is 0 Å². The molecule has 2 aromatic rings. The molecule has 6 heteroatoms. The Morgan fingerprint density at radius 1 is 1.21 bits per heavy atom. The SMILES string of the molecule is COc1ccc(NC(=O)/C(C#N)=C\c2ccc3c(c2)OCO3)cc1. The molecule has 0 unspecified atom stereocenters. The Morgan fingerprint density at radius 2 is 1.96 bits per heavy atom. The van der Waals surface area contributed by atoms with Crippen molar-refractivity contribution in [2.75, 3.05) is 19.2 Å². The molecule has 3 rings (SSSR count). The summed E-state index contributed by atoms with van der Waals surface area (Å²) in [5.41, 5.74) is 1.25. The van der Waals surface area contributed by atoms with Gasteiger partial charge in [0.05, 0.1) is 7.11 Å². The van der Waals surface area contributed by atoms with Crippen LogP contribution in [0.2, 0.25) is 0 Å². The first kappa shape index (κ1) is 15.4. The predicted molar refractivity (Wildman–Crippen MR) is 87.8 cm³/mol. The molecule has 1 heterocycles. The predicted octanol–water partition coefficient (Wildman–Crippen LogP) is 2.97. The summed E-state index contributed by atoms with van der Waals surface area (Å²) in [6.07, 6.45) is 1.50. The molecule has 120 valence electrons. The molecule has 0 aliphatic carbocycles. The molecule has 1 aliphatic rings. The number of benzene rings is 2. The fourth-order valence-corrected chi connectivity index (χ4v) is 2.19. The summed E-state index contributed by atoms with van der Waals surface area (Å²) in [4.78, 5) is 12.2. The summed E-state index contributed by atoms with van der Waals surface area (Å²) >= 11 is 0. The number of nitrogens with zero attached hydrogens (tertiary/aromatic N) is 1. The van der Waals surface area contributed by atoms with Crippen LogP contribution in [0.1, 0.15) is 5.56 Å². The van der Waals surface area contributed by atoms with Crippen molar-refractivity contribution in [3.63, 3.8) is 0 Å². The molecule has 0 radical (unpaired) electrons. The normalized spacial score (nSPS) is 12.4. The van der Waals surface area contributed by atoms with Gasteiger partial charge in [-0.1, -0.05) is 6.07 Å². The highest BCUT2D eigenvalue weighted by Crippen LogP contribution is 2.33. The maximum atomic E-state index is 12.2. The van der Waals surface area contributed by atoms with E-state index < -0.39 is 5.91 Å². The zero-order valence-corrected chi connectivity index (χ0v) is 12.9. The fraction of sp³-hybridized carbons (Fsp3) is 0.111. The number of methoxy groups -OCH3 is 1. The zero-order chi connectivity index (χ0) is 16.9. The molecule has 0 spiro atoms. The highest BCUT2D eigenvalue weighted by Gasteiger charge is 2.14. The van der Waals surface area contributed by atoms with Crippen LogP contribution in [0.5, 0.6) is 17.2 Å². The standard InChI is InChI=1S/C18H14N2O4/c1-22-15-5-3-14(4-6-15)20-18(21)13(10-19)8-12-2-7-16-17(9-12)24-11-23-16/h2-9H,11H2,1H3,(H,20,21)/b13-8-. The summed E-state index contributed by atoms with van der Waals surface area (Å²) in [5, 5.41) is 11.9. The van der Waals surface area contributed by atoms with Crippen LogP contribution in [0.4, 0.5) is 5.69 Å². The molecule has 0 atom stereocenters. The minimum absolute atomic E-state index is 0.00955. The number of fused-ring (bicyclic) bond motifs is 1. The average molecular weight is 322 g/mol. The van der Waals surface area contributed by atoms with Gasteiger partial charge in [-0.25, -0.2) is 0 Å². The highest BCUT2D eigenvalue weighted by molar-refractivity contribution is 6.09. The number of nitriles is 1. The van der Waals surface area contributed by atoms with E-state index in [0.29, 0.717) is 28.5 Å². The summed E-state index contributed by atoms with van der Waals surface area (Å²) in [6, 6.07) is 14.0. The second-order valence-electron chi connectivity index (χ2n) is 4.97. The molecule has 0 aromatic heterocycles. The summed E-state index contributed by atoms with van der Waals surface area (Å²) in [5.74, 6) is 1.44. The zero-order valence-electron chi connectivity index (χ0n) is 12.9. The van der Waals surface area contributed by atoms with Crippen molar-refractivity contribution in [2.45, 2.75) is 0 Å². The number of carbonyl (C=O) groups excluding carboxylic acids is 1. The third kappa shape index (κ3) is 3.31. The van der Waals surface area contributed by atoms with Crippen molar-refractivity contribution in [1.29, 1.82) is 5.26 Å². The molecular weight excluding hydrogens is 308 g/mol. The lowest BCUT2D eigenvalue weighted by Crippen LogP contribution is -2.13. The van der Waals surface area contributed by atoms with Gasteiger partial charge >= 0.3 is 0 Å². The molecule has 1 amide bonds. The summed E-state index contributed by atoms with van der Waals surface area (Å²) < 4.78 is 15.6. The van der Waals surface area contributed by atoms with Crippen LogP contribution < -0.4 is 19.5 Å². The van der Waals surface area contributed by atoms with E-state index >= 15 is 0 Å². The Morgan fingerprint density at radius 3 is 2.67 bits per heavy atom. The van der Waals surface area contributed by atoms with Crippen molar-refractivity contribution in [3.8, 4) is 23.3 Å². The smallest absolute Gasteiger partial charge is 0.266 e. The average Bonchev–Trinajstić information content (AvgIpc) is 3.08. The Bertz CT molecular complexity index is 835. The number of ether oxygens (including phenoxy) is 3. The lowest BCUT2D eigenvalue weighted by atomic mass is 10.1. The maximum absolute atomic E-state index is 12.2. The first-order chi connectivity index (χ1) is 11.7. The molecule has 24 heavy (non-hydrogen) atoms. The highest BCUT2D eigenvalue weighted by atomic mass is 16.7. The van der Waals surface area contributed by atoms with Gasteiger partial charge in [-0.05, 0) is 48.0 Å². The Labute approximate surface area is 138 Å². The lowest BCUT2D eigenvalue weighted by molar-refractivity contribution is -0.112. The number of amides is 1. The van der Waals surface area contributed by atoms with Gasteiger partial charge in [-0.15, -0.1) is 0 Å². The van der Waals surface area contributed by atoms with Crippen LogP contribution in [0.15, 0.2) is 48.0 Å². The molecule has 1 aliphatic heterocycles. The summed E-state index contributed by atoms with van der Waals surface area (Å²) in [7, 11) is 1.56. The van der Waals surface area contributed by atoms with E-state index in [4.69, 9.17) is 14.2 Å².